The van der Waals surface area contributed by atoms with E-state index in [-0.39, 0.29) is 17.4 Å². The number of nitrogens with two attached hydrogens (primary N) is 1. The Kier molecular flexibility index (Phi) is 4.39. The molecule has 1 aliphatic carbocycles. The second kappa shape index (κ2) is 6.22. The van der Waals surface area contributed by atoms with Crippen LogP contribution in [-0.4, -0.2) is 18.2 Å². The predicted molar refractivity (Wildman–Crippen MR) is 68.9 cm³/mol. The molecule has 0 bridgehead atoms. The Morgan fingerprint density at radius 2 is 1.79 bits per heavy atom. The van der Waals surface area contributed by atoms with E-state index in [1.807, 2.05) is 0 Å². The Balaban J connectivity index is 2.07. The van der Waals surface area contributed by atoms with Gasteiger partial charge in [-0.1, -0.05) is 18.6 Å². The van der Waals surface area contributed by atoms with Crippen molar-refractivity contribution >= 4 is 12.1 Å². The lowest BCUT2D eigenvalue weighted by Crippen LogP contribution is -2.22. The molecule has 102 valence electrons. The van der Waals surface area contributed by atoms with Crippen molar-refractivity contribution < 1.29 is 19.1 Å². The molecule has 1 aromatic carbocycles. The zero-order chi connectivity index (χ0) is 13.7. The van der Waals surface area contributed by atoms with Crippen LogP contribution < -0.4 is 10.5 Å². The number of amides is 1. The van der Waals surface area contributed by atoms with Crippen molar-refractivity contribution in [2.75, 3.05) is 0 Å². The molecule has 0 radical (unpaired) electrons. The molecule has 2 rings (SSSR count). The van der Waals surface area contributed by atoms with Gasteiger partial charge in [-0.3, -0.25) is 0 Å². The summed E-state index contributed by atoms with van der Waals surface area (Å²) in [6, 6.07) is 6.42. The Morgan fingerprint density at radius 3 is 2.47 bits per heavy atom. The maximum atomic E-state index is 12.1. The molecule has 1 fully saturated rings. The minimum absolute atomic E-state index is 0.0390. The molecule has 1 amide bonds. The van der Waals surface area contributed by atoms with Crippen molar-refractivity contribution in [2.45, 2.75) is 38.2 Å². The Hall–Kier alpha value is -2.04. The summed E-state index contributed by atoms with van der Waals surface area (Å²) in [4.78, 5) is 22.8. The average molecular weight is 263 g/mol. The van der Waals surface area contributed by atoms with Gasteiger partial charge in [-0.05, 0) is 37.8 Å². The number of carbonyl (C=O) groups is 2. The third kappa shape index (κ3) is 3.71. The molecule has 1 aromatic rings. The maximum Gasteiger partial charge on any atom is 0.409 e. The fourth-order valence-electron chi connectivity index (χ4n) is 2.23. The lowest BCUT2D eigenvalue weighted by Gasteiger charge is -2.22. The van der Waals surface area contributed by atoms with Crippen LogP contribution in [0.4, 0.5) is 4.79 Å². The summed E-state index contributed by atoms with van der Waals surface area (Å²) in [6.07, 6.45) is 4.15. The van der Waals surface area contributed by atoms with Gasteiger partial charge in [0.05, 0.1) is 0 Å². The van der Waals surface area contributed by atoms with Crippen molar-refractivity contribution in [3.8, 4) is 5.75 Å². The summed E-state index contributed by atoms with van der Waals surface area (Å²) in [7, 11) is 0. The van der Waals surface area contributed by atoms with Gasteiger partial charge < -0.3 is 15.2 Å². The van der Waals surface area contributed by atoms with Gasteiger partial charge in [0.1, 0.15) is 17.4 Å². The van der Waals surface area contributed by atoms with Crippen LogP contribution in [-0.2, 0) is 4.74 Å². The van der Waals surface area contributed by atoms with Crippen molar-refractivity contribution in [1.82, 2.24) is 0 Å². The lowest BCUT2D eigenvalue weighted by molar-refractivity contribution is 0.0209. The van der Waals surface area contributed by atoms with E-state index in [1.165, 1.54) is 12.5 Å². The number of para-hydroxylation sites is 1. The van der Waals surface area contributed by atoms with Gasteiger partial charge in [-0.25, -0.2) is 9.59 Å². The van der Waals surface area contributed by atoms with Crippen LogP contribution in [0, 0.1) is 0 Å². The number of rotatable bonds is 3. The van der Waals surface area contributed by atoms with Gasteiger partial charge in [-0.2, -0.15) is 0 Å². The largest absolute Gasteiger partial charge is 0.459 e. The Morgan fingerprint density at radius 1 is 1.11 bits per heavy atom. The molecule has 0 spiro atoms. The third-order valence-corrected chi connectivity index (χ3v) is 3.14. The fourth-order valence-corrected chi connectivity index (χ4v) is 2.23. The molecule has 0 heterocycles. The van der Waals surface area contributed by atoms with Gasteiger partial charge in [0.25, 0.3) is 0 Å². The number of primary amides is 1. The first-order valence-corrected chi connectivity index (χ1v) is 6.44. The van der Waals surface area contributed by atoms with E-state index in [4.69, 9.17) is 15.2 Å². The summed E-state index contributed by atoms with van der Waals surface area (Å²) < 4.78 is 10.2. The lowest BCUT2D eigenvalue weighted by atomic mass is 9.98. The second-order valence-electron chi connectivity index (χ2n) is 4.58. The highest BCUT2D eigenvalue weighted by atomic mass is 16.6. The first-order chi connectivity index (χ1) is 9.16. The number of benzene rings is 1. The minimum atomic E-state index is -0.946. The fraction of sp³-hybridized carbons (Fsp3) is 0.429. The summed E-state index contributed by atoms with van der Waals surface area (Å²) in [5.74, 6) is -0.334. The molecule has 1 aliphatic rings. The Labute approximate surface area is 111 Å². The first kappa shape index (κ1) is 13.4. The Bertz CT molecular complexity index is 466. The van der Waals surface area contributed by atoms with Crippen molar-refractivity contribution in [2.24, 2.45) is 5.73 Å². The number of esters is 1. The number of carbonyl (C=O) groups excluding carboxylic acids is 2. The van der Waals surface area contributed by atoms with Gasteiger partial charge in [0, 0.05) is 0 Å². The van der Waals surface area contributed by atoms with Gasteiger partial charge in [0.15, 0.2) is 0 Å². The zero-order valence-electron chi connectivity index (χ0n) is 10.6. The molecule has 2 N–H and O–H groups in total. The van der Waals surface area contributed by atoms with Crippen LogP contribution in [0.2, 0.25) is 0 Å². The molecule has 0 saturated heterocycles. The van der Waals surface area contributed by atoms with E-state index in [2.05, 4.69) is 0 Å². The topological polar surface area (TPSA) is 78.6 Å². The molecular formula is C14H17NO4. The molecule has 1 saturated carbocycles. The summed E-state index contributed by atoms with van der Waals surface area (Å²) >= 11 is 0. The summed E-state index contributed by atoms with van der Waals surface area (Å²) in [6.45, 7) is 0. The third-order valence-electron chi connectivity index (χ3n) is 3.14. The number of hydrogen-bond donors (Lipinski definition) is 1. The first-order valence-electron chi connectivity index (χ1n) is 6.44. The number of hydrogen-bond acceptors (Lipinski definition) is 4. The van der Waals surface area contributed by atoms with Gasteiger partial charge in [-0.15, -0.1) is 0 Å². The van der Waals surface area contributed by atoms with Crippen molar-refractivity contribution in [3.63, 3.8) is 0 Å². The quantitative estimate of drug-likeness (QED) is 0.850. The minimum Gasteiger partial charge on any atom is -0.459 e. The van der Waals surface area contributed by atoms with Gasteiger partial charge in [0.2, 0.25) is 0 Å². The molecular weight excluding hydrogens is 246 g/mol. The number of ether oxygens (including phenoxy) is 2. The molecule has 0 unspecified atom stereocenters. The van der Waals surface area contributed by atoms with Crippen molar-refractivity contribution in [1.29, 1.82) is 0 Å². The van der Waals surface area contributed by atoms with E-state index in [1.54, 1.807) is 18.2 Å². The highest BCUT2D eigenvalue weighted by Gasteiger charge is 2.21. The highest BCUT2D eigenvalue weighted by molar-refractivity contribution is 5.93. The molecule has 0 aromatic heterocycles. The second-order valence-corrected chi connectivity index (χ2v) is 4.58. The SMILES string of the molecule is NC(=O)Oc1ccccc1C(=O)OC1CCCCC1. The standard InChI is InChI=1S/C14H17NO4/c15-14(17)19-12-9-5-4-8-11(12)13(16)18-10-6-2-1-3-7-10/h4-5,8-10H,1-3,6-7H2,(H2,15,17). The molecule has 0 aliphatic heterocycles. The van der Waals surface area contributed by atoms with E-state index >= 15 is 0 Å². The molecule has 19 heavy (non-hydrogen) atoms. The summed E-state index contributed by atoms with van der Waals surface area (Å²) in [5, 5.41) is 0. The van der Waals surface area contributed by atoms with E-state index < -0.39 is 12.1 Å². The normalized spacial score (nSPS) is 15.8. The van der Waals surface area contributed by atoms with Crippen molar-refractivity contribution in [3.05, 3.63) is 29.8 Å². The van der Waals surface area contributed by atoms with Crippen LogP contribution in [0.15, 0.2) is 24.3 Å². The smallest absolute Gasteiger partial charge is 0.409 e. The molecule has 5 heteroatoms. The van der Waals surface area contributed by atoms with Crippen LogP contribution >= 0.6 is 0 Å². The monoisotopic (exact) mass is 263 g/mol. The molecule has 0 atom stereocenters. The van der Waals surface area contributed by atoms with Crippen LogP contribution in [0.1, 0.15) is 42.5 Å². The zero-order valence-corrected chi connectivity index (χ0v) is 10.6. The van der Waals surface area contributed by atoms with E-state index in [9.17, 15) is 9.59 Å². The average Bonchev–Trinajstić information content (AvgIpc) is 2.39. The molecule has 5 nitrogen and oxygen atoms in total. The van der Waals surface area contributed by atoms with Crippen LogP contribution in [0.5, 0.6) is 5.75 Å². The van der Waals surface area contributed by atoms with Gasteiger partial charge >= 0.3 is 12.1 Å². The predicted octanol–water partition coefficient (Wildman–Crippen LogP) is 2.63. The van der Waals surface area contributed by atoms with E-state index in [0.717, 1.165) is 25.7 Å². The maximum absolute atomic E-state index is 12.1. The van der Waals surface area contributed by atoms with Crippen LogP contribution in [0.25, 0.3) is 0 Å². The van der Waals surface area contributed by atoms with E-state index in [0.29, 0.717) is 0 Å². The highest BCUT2D eigenvalue weighted by Crippen LogP contribution is 2.24. The van der Waals surface area contributed by atoms with Crippen LogP contribution in [0.3, 0.4) is 0 Å². The summed E-state index contributed by atoms with van der Waals surface area (Å²) in [5.41, 5.74) is 5.19.